The Morgan fingerprint density at radius 1 is 0.524 bits per heavy atom. The van der Waals surface area contributed by atoms with Crippen molar-refractivity contribution in [1.82, 2.24) is 0 Å². The summed E-state index contributed by atoms with van der Waals surface area (Å²) in [4.78, 5) is 5.69. The van der Waals surface area contributed by atoms with Crippen molar-refractivity contribution in [1.29, 1.82) is 0 Å². The van der Waals surface area contributed by atoms with Crippen LogP contribution in [0, 0.1) is 0 Å². The van der Waals surface area contributed by atoms with Gasteiger partial charge < -0.3 is 0 Å². The average Bonchev–Trinajstić information content (AvgIpc) is 3.09. The van der Waals surface area contributed by atoms with Crippen LogP contribution >= 0.6 is 47.0 Å². The number of hydrogen-bond donors (Lipinski definition) is 0. The van der Waals surface area contributed by atoms with E-state index in [1.165, 1.54) is 19.6 Å². The normalized spacial score (nSPS) is 16.2. The van der Waals surface area contributed by atoms with E-state index in [0.29, 0.717) is 0 Å². The summed E-state index contributed by atoms with van der Waals surface area (Å²) in [7, 11) is 0. The van der Waals surface area contributed by atoms with E-state index in [-0.39, 0.29) is 2.74 Å². The van der Waals surface area contributed by atoms with Gasteiger partial charge in [0.2, 0.25) is 0 Å². The van der Waals surface area contributed by atoms with Gasteiger partial charge in [-0.25, -0.2) is 0 Å². The monoisotopic (exact) mass is 352 g/mol. The van der Waals surface area contributed by atoms with Crippen molar-refractivity contribution in [2.75, 3.05) is 0 Å². The van der Waals surface area contributed by atoms with Crippen LogP contribution < -0.4 is 0 Å². The van der Waals surface area contributed by atoms with Crippen molar-refractivity contribution in [3.63, 3.8) is 0 Å². The molecule has 0 atom stereocenters. The lowest BCUT2D eigenvalue weighted by atomic mass is 10.4. The highest BCUT2D eigenvalue weighted by Gasteiger charge is 2.46. The van der Waals surface area contributed by atoms with Gasteiger partial charge in [0.1, 0.15) is 0 Å². The molecule has 0 fully saturated rings. The largest absolute Gasteiger partial charge is 0.171 e. The highest BCUT2D eigenvalue weighted by atomic mass is 32.3. The zero-order valence-electron chi connectivity index (χ0n) is 12.8. The summed E-state index contributed by atoms with van der Waals surface area (Å²) >= 11 is 7.97. The third kappa shape index (κ3) is 3.61. The van der Waals surface area contributed by atoms with Crippen LogP contribution in [0.4, 0.5) is 0 Å². The molecule has 0 amide bonds. The van der Waals surface area contributed by atoms with E-state index in [0.717, 1.165) is 0 Å². The number of benzene rings is 2. The highest BCUT2D eigenvalue weighted by Crippen LogP contribution is 2.73. The summed E-state index contributed by atoms with van der Waals surface area (Å²) in [5.74, 6) is 0. The molecule has 0 N–H and O–H groups in total. The first-order chi connectivity index (χ1) is 10.3. The van der Waals surface area contributed by atoms with Gasteiger partial charge in [0, 0.05) is 19.6 Å². The minimum absolute atomic E-state index is 0.174. The molecule has 0 aromatic heterocycles. The van der Waals surface area contributed by atoms with E-state index in [2.05, 4.69) is 48.5 Å². The van der Waals surface area contributed by atoms with E-state index in [1.807, 2.05) is 74.7 Å². The minimum atomic E-state index is 0.174. The van der Waals surface area contributed by atoms with Gasteiger partial charge in [-0.2, -0.15) is 0 Å². The number of rotatable bonds is 0. The Hall–Kier alpha value is -0.160. The molecule has 2 aromatic rings. The third-order valence-corrected chi connectivity index (χ3v) is 9.20. The summed E-state index contributed by atoms with van der Waals surface area (Å²) in [5, 5.41) is 0. The van der Waals surface area contributed by atoms with Gasteiger partial charge in [0.25, 0.3) is 0 Å². The third-order valence-electron chi connectivity index (χ3n) is 2.64. The van der Waals surface area contributed by atoms with Gasteiger partial charge in [0.15, 0.2) is 2.74 Å². The number of hydrogen-bond acceptors (Lipinski definition) is 4. The zero-order valence-corrected chi connectivity index (χ0v) is 16.0. The van der Waals surface area contributed by atoms with Gasteiger partial charge in [-0.05, 0) is 24.3 Å². The van der Waals surface area contributed by atoms with Gasteiger partial charge in [0.05, 0.1) is 0 Å². The SMILES string of the molecule is CC.CC.c1ccc2c(c1)SC1(S2)Sc2ccccc2S1. The first-order valence-electron chi connectivity index (χ1n) is 7.29. The fourth-order valence-electron chi connectivity index (χ4n) is 1.90. The Kier molecular flexibility index (Phi) is 6.48. The van der Waals surface area contributed by atoms with Crippen LogP contribution in [-0.4, -0.2) is 2.74 Å². The Morgan fingerprint density at radius 2 is 0.762 bits per heavy atom. The van der Waals surface area contributed by atoms with Gasteiger partial charge >= 0.3 is 0 Å². The van der Waals surface area contributed by atoms with Crippen molar-refractivity contribution < 1.29 is 0 Å². The van der Waals surface area contributed by atoms with Crippen molar-refractivity contribution in [2.45, 2.75) is 50.0 Å². The molecule has 112 valence electrons. The molecule has 0 bridgehead atoms. The number of thioether (sulfide) groups is 4. The lowest BCUT2D eigenvalue weighted by Gasteiger charge is -2.17. The predicted molar refractivity (Wildman–Crippen MR) is 102 cm³/mol. The smallest absolute Gasteiger partial charge is 0.0842 e. The summed E-state index contributed by atoms with van der Waals surface area (Å²) in [5.41, 5.74) is 0. The molecular weight excluding hydrogens is 332 g/mol. The summed E-state index contributed by atoms with van der Waals surface area (Å²) in [6.45, 7) is 8.00. The fourth-order valence-corrected chi connectivity index (χ4v) is 8.97. The molecule has 2 heterocycles. The molecule has 0 saturated heterocycles. The maximum absolute atomic E-state index is 2.23. The van der Waals surface area contributed by atoms with Crippen LogP contribution in [0.3, 0.4) is 0 Å². The quantitative estimate of drug-likeness (QED) is 0.482. The molecule has 0 saturated carbocycles. The van der Waals surface area contributed by atoms with Crippen molar-refractivity contribution in [3.8, 4) is 0 Å². The van der Waals surface area contributed by atoms with Crippen LogP contribution in [0.5, 0.6) is 0 Å². The molecule has 0 unspecified atom stereocenters. The van der Waals surface area contributed by atoms with E-state index >= 15 is 0 Å². The van der Waals surface area contributed by atoms with E-state index in [1.54, 1.807) is 0 Å². The molecule has 4 rings (SSSR count). The molecule has 1 spiro atoms. The van der Waals surface area contributed by atoms with Crippen molar-refractivity contribution in [2.24, 2.45) is 0 Å². The second kappa shape index (κ2) is 7.91. The van der Waals surface area contributed by atoms with Gasteiger partial charge in [-0.3, -0.25) is 0 Å². The summed E-state index contributed by atoms with van der Waals surface area (Å²) in [6.07, 6.45) is 0. The standard InChI is InChI=1S/C13H8S4.2C2H6/c1-2-6-10-9(5-1)14-13(15-10)16-11-7-3-4-8-12(11)17-13;2*1-2/h1-8H;2*1-2H3. The maximum atomic E-state index is 2.23. The maximum Gasteiger partial charge on any atom is 0.171 e. The topological polar surface area (TPSA) is 0 Å². The second-order valence-corrected chi connectivity index (χ2v) is 10.4. The van der Waals surface area contributed by atoms with E-state index < -0.39 is 0 Å². The Labute approximate surface area is 145 Å². The molecule has 2 aromatic carbocycles. The predicted octanol–water partition coefficient (Wildman–Crippen LogP) is 7.45. The summed E-state index contributed by atoms with van der Waals surface area (Å²) < 4.78 is 0.174. The average molecular weight is 353 g/mol. The van der Waals surface area contributed by atoms with Crippen LogP contribution in [0.1, 0.15) is 27.7 Å². The first kappa shape index (κ1) is 17.2. The molecule has 0 radical (unpaired) electrons. The molecular formula is C17H20S4. The fraction of sp³-hybridized carbons (Fsp3) is 0.294. The van der Waals surface area contributed by atoms with Crippen LogP contribution in [0.25, 0.3) is 0 Å². The zero-order chi connectivity index (χ0) is 15.3. The van der Waals surface area contributed by atoms with Crippen molar-refractivity contribution >= 4 is 47.0 Å². The van der Waals surface area contributed by atoms with Crippen LogP contribution in [0.2, 0.25) is 0 Å². The molecule has 2 aliphatic heterocycles. The van der Waals surface area contributed by atoms with Crippen molar-refractivity contribution in [3.05, 3.63) is 48.5 Å². The van der Waals surface area contributed by atoms with E-state index in [4.69, 9.17) is 0 Å². The van der Waals surface area contributed by atoms with Crippen LogP contribution in [-0.2, 0) is 0 Å². The first-order valence-corrected chi connectivity index (χ1v) is 10.6. The molecule has 2 aliphatic rings. The highest BCUT2D eigenvalue weighted by molar-refractivity contribution is 8.50. The van der Waals surface area contributed by atoms with Gasteiger partial charge in [-0.1, -0.05) is 99.0 Å². The van der Waals surface area contributed by atoms with Gasteiger partial charge in [-0.15, -0.1) is 0 Å². The molecule has 0 nitrogen and oxygen atoms in total. The van der Waals surface area contributed by atoms with Crippen LogP contribution in [0.15, 0.2) is 68.1 Å². The lowest BCUT2D eigenvalue weighted by molar-refractivity contribution is 1.27. The Morgan fingerprint density at radius 3 is 1.00 bits per heavy atom. The molecule has 0 aliphatic carbocycles. The Balaban J connectivity index is 0.000000374. The Bertz CT molecular complexity index is 488. The molecule has 4 heteroatoms. The second-order valence-electron chi connectivity index (χ2n) is 3.80. The minimum Gasteiger partial charge on any atom is -0.0842 e. The lowest BCUT2D eigenvalue weighted by Crippen LogP contribution is -1.98. The summed E-state index contributed by atoms with van der Waals surface area (Å²) in [6, 6.07) is 17.4. The molecule has 21 heavy (non-hydrogen) atoms. The number of fused-ring (bicyclic) bond motifs is 2. The van der Waals surface area contributed by atoms with E-state index in [9.17, 15) is 0 Å².